The van der Waals surface area contributed by atoms with Gasteiger partial charge in [-0.05, 0) is 6.07 Å². The average Bonchev–Trinajstić information content (AvgIpc) is 2.26. The normalized spacial score (nSPS) is 12.5. The maximum Gasteiger partial charge on any atom is 0.165 e. The van der Waals surface area contributed by atoms with Crippen molar-refractivity contribution >= 4 is 0 Å². The topological polar surface area (TPSA) is 69.9 Å². The minimum atomic E-state index is -1.06. The fourth-order valence-corrected chi connectivity index (χ4v) is 1.07. The molecule has 0 bridgehead atoms. The molecule has 0 heterocycles. The molecule has 0 aromatic heterocycles. The Kier molecular flexibility index (Phi) is 4.48. The third kappa shape index (κ3) is 3.16. The van der Waals surface area contributed by atoms with Gasteiger partial charge in [0.15, 0.2) is 11.6 Å². The fraction of sp³-hybridized carbons (Fsp3) is 0.400. The molecule has 1 unspecified atom stereocenters. The summed E-state index contributed by atoms with van der Waals surface area (Å²) in [4.78, 5) is 0. The Hall–Kier alpha value is -1.17. The lowest BCUT2D eigenvalue weighted by molar-refractivity contribution is 0.0515. The predicted octanol–water partition coefficient (Wildman–Crippen LogP) is 0.0500. The maximum atomic E-state index is 13.2. The van der Waals surface area contributed by atoms with Gasteiger partial charge in [-0.3, -0.25) is 0 Å². The molecule has 0 amide bonds. The Morgan fingerprint density at radius 2 is 2.07 bits per heavy atom. The van der Waals surface area contributed by atoms with E-state index in [1.165, 1.54) is 18.2 Å². The minimum absolute atomic E-state index is 0.0903. The van der Waals surface area contributed by atoms with E-state index >= 15 is 0 Å². The first kappa shape index (κ1) is 11.9. The highest BCUT2D eigenvalue weighted by Gasteiger charge is 2.11. The van der Waals surface area contributed by atoms with Gasteiger partial charge in [-0.25, -0.2) is 4.39 Å². The number of aliphatic hydroxyl groups excluding tert-OH is 3. The molecule has 0 radical (unpaired) electrons. The quantitative estimate of drug-likeness (QED) is 0.650. The van der Waals surface area contributed by atoms with Crippen LogP contribution in [0, 0.1) is 5.82 Å². The highest BCUT2D eigenvalue weighted by Crippen LogP contribution is 2.22. The number of para-hydroxylation sites is 1. The summed E-state index contributed by atoms with van der Waals surface area (Å²) < 4.78 is 18.2. The molecule has 0 aliphatic carbocycles. The molecule has 1 aromatic carbocycles. The molecule has 0 aliphatic heterocycles. The van der Waals surface area contributed by atoms with Crippen LogP contribution in [0.1, 0.15) is 5.56 Å². The van der Waals surface area contributed by atoms with E-state index in [1.807, 2.05) is 0 Å². The van der Waals surface area contributed by atoms with Gasteiger partial charge >= 0.3 is 0 Å². The lowest BCUT2D eigenvalue weighted by Crippen LogP contribution is -2.22. The first-order valence-corrected chi connectivity index (χ1v) is 4.49. The zero-order valence-electron chi connectivity index (χ0n) is 8.06. The van der Waals surface area contributed by atoms with Crippen molar-refractivity contribution in [1.29, 1.82) is 0 Å². The van der Waals surface area contributed by atoms with Gasteiger partial charge in [-0.1, -0.05) is 12.1 Å². The Morgan fingerprint density at radius 3 is 2.67 bits per heavy atom. The number of halogens is 1. The summed E-state index contributed by atoms with van der Waals surface area (Å²) in [6.07, 6.45) is -1.06. The molecule has 3 N–H and O–H groups in total. The van der Waals surface area contributed by atoms with E-state index < -0.39 is 18.5 Å². The van der Waals surface area contributed by atoms with Crippen molar-refractivity contribution in [1.82, 2.24) is 0 Å². The van der Waals surface area contributed by atoms with Gasteiger partial charge in [0, 0.05) is 5.56 Å². The summed E-state index contributed by atoms with van der Waals surface area (Å²) in [5, 5.41) is 26.5. The summed E-state index contributed by atoms with van der Waals surface area (Å²) >= 11 is 0. The Bertz CT molecular complexity index is 316. The van der Waals surface area contributed by atoms with Crippen LogP contribution in [0.15, 0.2) is 18.2 Å². The molecule has 0 saturated heterocycles. The molecular formula is C10H13FO4. The lowest BCUT2D eigenvalue weighted by Gasteiger charge is -2.13. The summed E-state index contributed by atoms with van der Waals surface area (Å²) in [6.45, 7) is -1.02. The van der Waals surface area contributed by atoms with Gasteiger partial charge in [-0.2, -0.15) is 0 Å². The smallest absolute Gasteiger partial charge is 0.165 e. The van der Waals surface area contributed by atoms with Crippen LogP contribution in [0.2, 0.25) is 0 Å². The second kappa shape index (κ2) is 5.65. The molecule has 84 valence electrons. The van der Waals surface area contributed by atoms with Crippen molar-refractivity contribution in [2.75, 3.05) is 13.2 Å². The van der Waals surface area contributed by atoms with Crippen LogP contribution < -0.4 is 4.74 Å². The minimum Gasteiger partial charge on any atom is -0.487 e. The van der Waals surface area contributed by atoms with Crippen molar-refractivity contribution in [3.05, 3.63) is 29.6 Å². The van der Waals surface area contributed by atoms with E-state index in [2.05, 4.69) is 0 Å². The van der Waals surface area contributed by atoms with Crippen LogP contribution >= 0.6 is 0 Å². The molecule has 15 heavy (non-hydrogen) atoms. The number of benzene rings is 1. The third-order valence-electron chi connectivity index (χ3n) is 1.85. The zero-order valence-corrected chi connectivity index (χ0v) is 8.06. The molecule has 1 atom stereocenters. The highest BCUT2D eigenvalue weighted by atomic mass is 19.1. The van der Waals surface area contributed by atoms with E-state index in [4.69, 9.17) is 20.1 Å². The molecule has 0 saturated carbocycles. The number of rotatable bonds is 5. The van der Waals surface area contributed by atoms with Gasteiger partial charge in [0.05, 0.1) is 13.2 Å². The largest absolute Gasteiger partial charge is 0.487 e. The van der Waals surface area contributed by atoms with Crippen LogP contribution in [-0.4, -0.2) is 34.6 Å². The molecule has 1 aromatic rings. The van der Waals surface area contributed by atoms with Crippen molar-refractivity contribution in [2.45, 2.75) is 12.7 Å². The van der Waals surface area contributed by atoms with Crippen molar-refractivity contribution in [3.63, 3.8) is 0 Å². The summed E-state index contributed by atoms with van der Waals surface area (Å²) in [6, 6.07) is 4.17. The van der Waals surface area contributed by atoms with E-state index in [0.29, 0.717) is 5.56 Å². The van der Waals surface area contributed by atoms with Gasteiger partial charge in [0.25, 0.3) is 0 Å². The van der Waals surface area contributed by atoms with E-state index in [-0.39, 0.29) is 19.0 Å². The van der Waals surface area contributed by atoms with Gasteiger partial charge in [0.1, 0.15) is 12.7 Å². The molecule has 0 aliphatic rings. The summed E-state index contributed by atoms with van der Waals surface area (Å²) in [5.74, 6) is -0.695. The van der Waals surface area contributed by atoms with Crippen LogP contribution in [0.4, 0.5) is 4.39 Å². The second-order valence-corrected chi connectivity index (χ2v) is 3.03. The van der Waals surface area contributed by atoms with Crippen LogP contribution in [0.3, 0.4) is 0 Å². The summed E-state index contributed by atoms with van der Waals surface area (Å²) in [5.41, 5.74) is 0.306. The molecule has 0 fully saturated rings. The maximum absolute atomic E-state index is 13.2. The third-order valence-corrected chi connectivity index (χ3v) is 1.85. The van der Waals surface area contributed by atoms with Crippen molar-refractivity contribution < 1.29 is 24.4 Å². The standard InChI is InChI=1S/C10H13FO4/c11-9-3-1-2-7(4-12)10(9)15-6-8(14)5-13/h1-3,8,12-14H,4-6H2. The SMILES string of the molecule is OCc1cccc(F)c1OCC(O)CO. The Balaban J connectivity index is 2.74. The van der Waals surface area contributed by atoms with Crippen molar-refractivity contribution in [2.24, 2.45) is 0 Å². The summed E-state index contributed by atoms with van der Waals surface area (Å²) in [7, 11) is 0. The van der Waals surface area contributed by atoms with Crippen LogP contribution in [0.25, 0.3) is 0 Å². The first-order chi connectivity index (χ1) is 7.19. The van der Waals surface area contributed by atoms with Crippen LogP contribution in [-0.2, 0) is 6.61 Å². The molecule has 4 nitrogen and oxygen atoms in total. The molecule has 5 heteroatoms. The lowest BCUT2D eigenvalue weighted by atomic mass is 10.2. The first-order valence-electron chi connectivity index (χ1n) is 4.49. The Morgan fingerprint density at radius 1 is 1.33 bits per heavy atom. The molecular weight excluding hydrogens is 203 g/mol. The second-order valence-electron chi connectivity index (χ2n) is 3.03. The monoisotopic (exact) mass is 216 g/mol. The van der Waals surface area contributed by atoms with E-state index in [0.717, 1.165) is 0 Å². The van der Waals surface area contributed by atoms with Crippen LogP contribution in [0.5, 0.6) is 5.75 Å². The number of ether oxygens (including phenoxy) is 1. The van der Waals surface area contributed by atoms with E-state index in [1.54, 1.807) is 0 Å². The average molecular weight is 216 g/mol. The van der Waals surface area contributed by atoms with E-state index in [9.17, 15) is 4.39 Å². The van der Waals surface area contributed by atoms with Crippen molar-refractivity contribution in [3.8, 4) is 5.75 Å². The number of hydrogen-bond donors (Lipinski definition) is 3. The predicted molar refractivity (Wildman–Crippen MR) is 50.9 cm³/mol. The zero-order chi connectivity index (χ0) is 11.3. The Labute approximate surface area is 86.6 Å². The fourth-order valence-electron chi connectivity index (χ4n) is 1.07. The van der Waals surface area contributed by atoms with Gasteiger partial charge in [-0.15, -0.1) is 0 Å². The highest BCUT2D eigenvalue weighted by molar-refractivity contribution is 5.34. The molecule has 1 rings (SSSR count). The van der Waals surface area contributed by atoms with Gasteiger partial charge < -0.3 is 20.1 Å². The number of hydrogen-bond acceptors (Lipinski definition) is 4. The van der Waals surface area contributed by atoms with Gasteiger partial charge in [0.2, 0.25) is 0 Å². The number of aliphatic hydroxyl groups is 3. The molecule has 0 spiro atoms.